The molecule has 1 unspecified atom stereocenters. The maximum Gasteiger partial charge on any atom is 0.226 e. The lowest BCUT2D eigenvalue weighted by Gasteiger charge is -2.19. The molecule has 0 bridgehead atoms. The molecule has 4 aromatic rings. The van der Waals surface area contributed by atoms with Gasteiger partial charge in [-0.05, 0) is 42.5 Å². The van der Waals surface area contributed by atoms with Crippen LogP contribution in [0.5, 0.6) is 0 Å². The second-order valence-electron chi connectivity index (χ2n) is 7.21. The first-order chi connectivity index (χ1) is 14.3. The van der Waals surface area contributed by atoms with Crippen LogP contribution in [0.3, 0.4) is 0 Å². The zero-order valence-corrected chi connectivity index (χ0v) is 16.3. The van der Waals surface area contributed by atoms with Gasteiger partial charge >= 0.3 is 0 Å². The Labute approximate surface area is 170 Å². The van der Waals surface area contributed by atoms with Crippen LogP contribution in [-0.4, -0.2) is 11.1 Å². The number of aromatic nitrogens is 1. The highest BCUT2D eigenvalue weighted by molar-refractivity contribution is 5.86. The average Bonchev–Trinajstić information content (AvgIpc) is 3.17. The van der Waals surface area contributed by atoms with Gasteiger partial charge in [0.2, 0.25) is 5.91 Å². The van der Waals surface area contributed by atoms with Gasteiger partial charge in [-0.2, -0.15) is 0 Å². The maximum atomic E-state index is 12.8. The van der Waals surface area contributed by atoms with Crippen molar-refractivity contribution in [3.63, 3.8) is 0 Å². The molecule has 0 aliphatic heterocycles. The van der Waals surface area contributed by atoms with Crippen LogP contribution >= 0.6 is 0 Å². The van der Waals surface area contributed by atoms with Gasteiger partial charge in [0.05, 0.1) is 12.5 Å². The van der Waals surface area contributed by atoms with Crippen LogP contribution in [0.25, 0.3) is 11.0 Å². The first-order valence-corrected chi connectivity index (χ1v) is 10.0. The third kappa shape index (κ3) is 4.91. The van der Waals surface area contributed by atoms with Crippen LogP contribution in [0, 0.1) is 0 Å². The molecule has 0 saturated carbocycles. The summed E-state index contributed by atoms with van der Waals surface area (Å²) in [6.45, 7) is 0. The third-order valence-corrected chi connectivity index (χ3v) is 5.12. The number of aryl methyl sites for hydroxylation is 1. The van der Waals surface area contributed by atoms with Crippen LogP contribution in [0.15, 0.2) is 89.5 Å². The van der Waals surface area contributed by atoms with E-state index in [2.05, 4.69) is 46.9 Å². The van der Waals surface area contributed by atoms with Gasteiger partial charge in [0.25, 0.3) is 0 Å². The Balaban J connectivity index is 1.42. The molecule has 0 aliphatic carbocycles. The summed E-state index contributed by atoms with van der Waals surface area (Å²) in [7, 11) is 0. The van der Waals surface area contributed by atoms with Crippen LogP contribution in [0.1, 0.15) is 35.7 Å². The number of para-hydroxylation sites is 1. The number of hydrogen-bond donors (Lipinski definition) is 1. The van der Waals surface area contributed by atoms with Crippen molar-refractivity contribution in [2.45, 2.75) is 31.7 Å². The third-order valence-electron chi connectivity index (χ3n) is 5.12. The molecule has 4 rings (SSSR count). The Morgan fingerprint density at radius 3 is 2.38 bits per heavy atom. The highest BCUT2D eigenvalue weighted by atomic mass is 16.5. The summed E-state index contributed by atoms with van der Waals surface area (Å²) in [6, 6.07) is 28.2. The van der Waals surface area contributed by atoms with E-state index in [1.54, 1.807) is 0 Å². The Hall–Kier alpha value is -3.40. The zero-order chi connectivity index (χ0) is 19.9. The van der Waals surface area contributed by atoms with Gasteiger partial charge in [-0.1, -0.05) is 78.0 Å². The lowest BCUT2D eigenvalue weighted by Crippen LogP contribution is -2.30. The van der Waals surface area contributed by atoms with Crippen molar-refractivity contribution in [1.82, 2.24) is 10.5 Å². The molecule has 1 heterocycles. The van der Waals surface area contributed by atoms with Crippen molar-refractivity contribution in [1.29, 1.82) is 0 Å². The molecule has 0 aliphatic rings. The van der Waals surface area contributed by atoms with E-state index in [-0.39, 0.29) is 18.4 Å². The van der Waals surface area contributed by atoms with Gasteiger partial charge in [0, 0.05) is 5.39 Å². The fourth-order valence-electron chi connectivity index (χ4n) is 3.63. The smallest absolute Gasteiger partial charge is 0.226 e. The minimum atomic E-state index is -0.0439. The van der Waals surface area contributed by atoms with Gasteiger partial charge in [-0.25, -0.2) is 0 Å². The van der Waals surface area contributed by atoms with E-state index in [1.807, 2.05) is 48.5 Å². The molecule has 3 aromatic carbocycles. The fourth-order valence-corrected chi connectivity index (χ4v) is 3.63. The number of hydrogen-bond acceptors (Lipinski definition) is 3. The van der Waals surface area contributed by atoms with Gasteiger partial charge in [-0.3, -0.25) is 4.79 Å². The first kappa shape index (κ1) is 18.9. The number of nitrogens with zero attached hydrogens (tertiary/aromatic N) is 1. The van der Waals surface area contributed by atoms with Gasteiger partial charge in [0.1, 0.15) is 5.69 Å². The summed E-state index contributed by atoms with van der Waals surface area (Å²) in [6.07, 6.45) is 3.08. The summed E-state index contributed by atoms with van der Waals surface area (Å²) in [5.74, 6) is -0.0439. The van der Waals surface area contributed by atoms with Crippen molar-refractivity contribution >= 4 is 16.9 Å². The Morgan fingerprint density at radius 1 is 0.897 bits per heavy atom. The maximum absolute atomic E-state index is 12.8. The second-order valence-corrected chi connectivity index (χ2v) is 7.21. The molecule has 29 heavy (non-hydrogen) atoms. The SMILES string of the molecule is O=C(Cc1noc2ccccc12)NC(CCCc1ccccc1)c1ccccc1. The molecule has 1 N–H and O–H groups in total. The van der Waals surface area contributed by atoms with E-state index in [4.69, 9.17) is 4.52 Å². The largest absolute Gasteiger partial charge is 0.356 e. The predicted octanol–water partition coefficient (Wildman–Crippen LogP) is 5.25. The predicted molar refractivity (Wildman–Crippen MR) is 114 cm³/mol. The monoisotopic (exact) mass is 384 g/mol. The van der Waals surface area contributed by atoms with Crippen molar-refractivity contribution in [2.75, 3.05) is 0 Å². The Morgan fingerprint density at radius 2 is 1.59 bits per heavy atom. The van der Waals surface area contributed by atoms with E-state index in [9.17, 15) is 4.79 Å². The number of fused-ring (bicyclic) bond motifs is 1. The van der Waals surface area contributed by atoms with E-state index < -0.39 is 0 Å². The summed E-state index contributed by atoms with van der Waals surface area (Å²) < 4.78 is 5.32. The number of nitrogens with one attached hydrogen (secondary N) is 1. The lowest BCUT2D eigenvalue weighted by molar-refractivity contribution is -0.121. The summed E-state index contributed by atoms with van der Waals surface area (Å²) in [5, 5.41) is 8.17. The molecular formula is C25H24N2O2. The van der Waals surface area contributed by atoms with Gasteiger partial charge in [-0.15, -0.1) is 0 Å². The Kier molecular flexibility index (Phi) is 6.01. The zero-order valence-electron chi connectivity index (χ0n) is 16.3. The van der Waals surface area contributed by atoms with Gasteiger partial charge in [0.15, 0.2) is 5.58 Å². The number of carbonyl (C=O) groups excluding carboxylic acids is 1. The number of benzene rings is 3. The quantitative estimate of drug-likeness (QED) is 0.451. The minimum Gasteiger partial charge on any atom is -0.356 e. The highest BCUT2D eigenvalue weighted by Gasteiger charge is 2.17. The average molecular weight is 384 g/mol. The van der Waals surface area contributed by atoms with Crippen LogP contribution in [0.4, 0.5) is 0 Å². The summed E-state index contributed by atoms with van der Waals surface area (Å²) >= 11 is 0. The van der Waals surface area contributed by atoms with Crippen molar-refractivity contribution < 1.29 is 9.32 Å². The van der Waals surface area contributed by atoms with E-state index in [0.29, 0.717) is 11.3 Å². The van der Waals surface area contributed by atoms with Crippen LogP contribution in [0.2, 0.25) is 0 Å². The van der Waals surface area contributed by atoms with Crippen LogP contribution < -0.4 is 5.32 Å². The first-order valence-electron chi connectivity index (χ1n) is 10.0. The van der Waals surface area contributed by atoms with E-state index >= 15 is 0 Å². The molecular weight excluding hydrogens is 360 g/mol. The highest BCUT2D eigenvalue weighted by Crippen LogP contribution is 2.22. The topological polar surface area (TPSA) is 55.1 Å². The molecule has 1 aromatic heterocycles. The van der Waals surface area contributed by atoms with Crippen molar-refractivity contribution in [3.8, 4) is 0 Å². The fraction of sp³-hybridized carbons (Fsp3) is 0.200. The van der Waals surface area contributed by atoms with E-state index in [1.165, 1.54) is 5.56 Å². The second kappa shape index (κ2) is 9.20. The molecule has 0 spiro atoms. The Bertz CT molecular complexity index is 1060. The number of amides is 1. The molecule has 146 valence electrons. The lowest BCUT2D eigenvalue weighted by atomic mass is 9.98. The van der Waals surface area contributed by atoms with Crippen molar-refractivity contribution in [2.24, 2.45) is 0 Å². The number of carbonyl (C=O) groups is 1. The molecule has 1 amide bonds. The molecule has 4 heteroatoms. The standard InChI is InChI=1S/C25H24N2O2/c28-25(18-23-21-15-7-8-17-24(21)29-27-23)26-22(20-13-5-2-6-14-20)16-9-12-19-10-3-1-4-11-19/h1-8,10-11,13-15,17,22H,9,12,16,18H2,(H,26,28). The number of rotatable bonds is 8. The summed E-state index contributed by atoms with van der Waals surface area (Å²) in [4.78, 5) is 12.8. The van der Waals surface area contributed by atoms with Crippen molar-refractivity contribution in [3.05, 3.63) is 102 Å². The minimum absolute atomic E-state index is 0.0226. The molecule has 4 nitrogen and oxygen atoms in total. The normalized spacial score (nSPS) is 12.0. The van der Waals surface area contributed by atoms with Crippen LogP contribution in [-0.2, 0) is 17.6 Å². The summed E-state index contributed by atoms with van der Waals surface area (Å²) in [5.41, 5.74) is 3.82. The van der Waals surface area contributed by atoms with E-state index in [0.717, 1.165) is 30.2 Å². The molecule has 0 saturated heterocycles. The molecule has 0 fully saturated rings. The molecule has 0 radical (unpaired) electrons. The molecule has 1 atom stereocenters. The van der Waals surface area contributed by atoms with Gasteiger partial charge < -0.3 is 9.84 Å².